The van der Waals surface area contributed by atoms with E-state index in [9.17, 15) is 0 Å². The van der Waals surface area contributed by atoms with Crippen molar-refractivity contribution in [2.45, 2.75) is 78.1 Å². The molecule has 6 heteroatoms. The molecule has 0 saturated heterocycles. The Morgan fingerprint density at radius 3 is 0.935 bits per heavy atom. The van der Waals surface area contributed by atoms with Gasteiger partial charge in [-0.1, -0.05) is 84.9 Å². The number of hydrogen-bond acceptors (Lipinski definition) is 4. The van der Waals surface area contributed by atoms with E-state index in [1.54, 1.807) is 0 Å². The molecule has 0 amide bonds. The molecule has 0 bridgehead atoms. The summed E-state index contributed by atoms with van der Waals surface area (Å²) < 4.78 is 0. The summed E-state index contributed by atoms with van der Waals surface area (Å²) in [6.45, 7) is 14.3. The van der Waals surface area contributed by atoms with Gasteiger partial charge in [0.05, 0.1) is 0 Å². The zero-order valence-electron chi connectivity index (χ0n) is 28.6. The molecule has 0 radical (unpaired) electrons. The Kier molecular flexibility index (Phi) is 10.7. The molecule has 2 aliphatic heterocycles. The lowest BCUT2D eigenvalue weighted by molar-refractivity contribution is 0.315. The van der Waals surface area contributed by atoms with Crippen LogP contribution in [0.2, 0.25) is 12.6 Å². The lowest BCUT2D eigenvalue weighted by Crippen LogP contribution is -2.56. The van der Waals surface area contributed by atoms with Gasteiger partial charge in [0, 0.05) is 33.8 Å². The van der Waals surface area contributed by atoms with Gasteiger partial charge in [0.2, 0.25) is 0 Å². The second-order valence-electron chi connectivity index (χ2n) is 14.1. The highest BCUT2D eigenvalue weighted by Gasteiger charge is 2.38. The van der Waals surface area contributed by atoms with Crippen molar-refractivity contribution in [2.24, 2.45) is 0 Å². The predicted octanol–water partition coefficient (Wildman–Crippen LogP) is 10.7. The highest BCUT2D eigenvalue weighted by atomic mass is 15.3. The average Bonchev–Trinajstić information content (AvgIpc) is 3.07. The molecule has 236 valence electrons. The second-order valence-corrected chi connectivity index (χ2v) is 14.1. The molecule has 0 N–H and O–H groups in total. The van der Waals surface area contributed by atoms with Gasteiger partial charge < -0.3 is 19.2 Å². The van der Waals surface area contributed by atoms with Crippen LogP contribution in [0.3, 0.4) is 0 Å². The van der Waals surface area contributed by atoms with Crippen molar-refractivity contribution >= 4 is 36.7 Å². The summed E-state index contributed by atoms with van der Waals surface area (Å²) in [4.78, 5) is 9.90. The number of allylic oxidation sites excluding steroid dienone is 2. The first-order chi connectivity index (χ1) is 22.1. The number of para-hydroxylation sites is 4. The molecule has 2 aliphatic rings. The fourth-order valence-electron chi connectivity index (χ4n) is 6.53. The van der Waals surface area contributed by atoms with Gasteiger partial charge in [-0.05, 0) is 128 Å². The van der Waals surface area contributed by atoms with E-state index in [0.717, 1.165) is 25.5 Å². The Morgan fingerprint density at radius 2 is 0.696 bits per heavy atom. The van der Waals surface area contributed by atoms with Crippen LogP contribution in [0.5, 0.6) is 0 Å². The lowest BCUT2D eigenvalue weighted by atomic mass is 9.62. The van der Waals surface area contributed by atoms with Crippen LogP contribution in [0.4, 0.5) is 22.7 Å². The molecule has 0 spiro atoms. The van der Waals surface area contributed by atoms with Gasteiger partial charge in [-0.25, -0.2) is 0 Å². The van der Waals surface area contributed by atoms with Gasteiger partial charge in [0.1, 0.15) is 0 Å². The van der Waals surface area contributed by atoms with E-state index in [1.165, 1.54) is 22.7 Å². The van der Waals surface area contributed by atoms with Gasteiger partial charge in [0.15, 0.2) is 0 Å². The molecule has 6 rings (SSSR count). The Morgan fingerprint density at radius 1 is 0.435 bits per heavy atom. The minimum Gasteiger partial charge on any atom is -0.397 e. The molecule has 0 saturated carbocycles. The number of anilines is 4. The third-order valence-electron chi connectivity index (χ3n) is 8.64. The summed E-state index contributed by atoms with van der Waals surface area (Å²) in [6, 6.07) is 42.8. The van der Waals surface area contributed by atoms with E-state index in [1.807, 2.05) is 0 Å². The summed E-state index contributed by atoms with van der Waals surface area (Å²) in [7, 11) is 0. The molecule has 4 aromatic rings. The molecule has 0 atom stereocenters. The van der Waals surface area contributed by atoms with E-state index in [-0.39, 0.29) is 11.1 Å². The maximum atomic E-state index is 2.48. The zero-order chi connectivity index (χ0) is 32.6. The van der Waals surface area contributed by atoms with E-state index in [2.05, 4.69) is 207 Å². The first-order valence-electron chi connectivity index (χ1n) is 16.8. The van der Waals surface area contributed by atoms with Crippen LogP contribution < -0.4 is 9.62 Å². The first kappa shape index (κ1) is 33.1. The molecule has 0 unspecified atom stereocenters. The minimum atomic E-state index is 0.0867. The fraction of sp³-hybridized carbons (Fsp3) is 0.300. The van der Waals surface area contributed by atoms with Gasteiger partial charge in [-0.2, -0.15) is 0 Å². The summed E-state index contributed by atoms with van der Waals surface area (Å²) in [6.07, 6.45) is 13.6. The normalized spacial score (nSPS) is 14.9. The SMILES string of the molecule is CC(C)(C)N1C=CCCB1N(c1ccccc1)c1ccccc1.CC(C)(C)N1C=CCCB1N(c1ccccc1)c1ccccc1. The van der Waals surface area contributed by atoms with Crippen LogP contribution in [-0.4, -0.2) is 34.7 Å². The zero-order valence-corrected chi connectivity index (χ0v) is 28.6. The lowest BCUT2D eigenvalue weighted by Gasteiger charge is -2.46. The maximum absolute atomic E-state index is 2.48. The Balaban J connectivity index is 0.000000181. The topological polar surface area (TPSA) is 13.0 Å². The van der Waals surface area contributed by atoms with E-state index in [4.69, 9.17) is 0 Å². The highest BCUT2D eigenvalue weighted by molar-refractivity contribution is 6.63. The quantitative estimate of drug-likeness (QED) is 0.202. The molecular formula is C40H50B2N4. The highest BCUT2D eigenvalue weighted by Crippen LogP contribution is 2.35. The summed E-state index contributed by atoms with van der Waals surface area (Å²) in [5.41, 5.74) is 5.15. The Labute approximate surface area is 279 Å². The fourth-order valence-corrected chi connectivity index (χ4v) is 6.53. The van der Waals surface area contributed by atoms with Crippen LogP contribution in [0, 0.1) is 0 Å². The van der Waals surface area contributed by atoms with Crippen LogP contribution in [0.25, 0.3) is 0 Å². The molecule has 4 nitrogen and oxygen atoms in total. The standard InChI is InChI=1S/2C20H25BN2/c2*1-20(2,3)22-17-11-10-16-21(22)23(18-12-6-4-7-13-18)19-14-8-5-9-15-19/h2*4-9,11-15,17H,10,16H2,1-3H3. The number of benzene rings is 4. The van der Waals surface area contributed by atoms with E-state index in [0.29, 0.717) is 14.0 Å². The molecule has 46 heavy (non-hydrogen) atoms. The van der Waals surface area contributed by atoms with Crippen molar-refractivity contribution in [3.8, 4) is 0 Å². The van der Waals surface area contributed by atoms with Crippen molar-refractivity contribution in [1.29, 1.82) is 0 Å². The van der Waals surface area contributed by atoms with Crippen molar-refractivity contribution in [2.75, 3.05) is 9.62 Å². The number of hydrogen-bond donors (Lipinski definition) is 0. The molecule has 0 aliphatic carbocycles. The largest absolute Gasteiger partial charge is 0.397 e. The van der Waals surface area contributed by atoms with Gasteiger partial charge in [-0.3, -0.25) is 0 Å². The first-order valence-corrected chi connectivity index (χ1v) is 16.8. The number of nitrogens with zero attached hydrogens (tertiary/aromatic N) is 4. The molecule has 0 fully saturated rings. The van der Waals surface area contributed by atoms with Crippen molar-refractivity contribution in [3.63, 3.8) is 0 Å². The summed E-state index contributed by atoms with van der Waals surface area (Å²) in [5.74, 6) is 0. The third-order valence-corrected chi connectivity index (χ3v) is 8.64. The average molecular weight is 608 g/mol. The van der Waals surface area contributed by atoms with Crippen LogP contribution in [0.15, 0.2) is 146 Å². The monoisotopic (exact) mass is 608 g/mol. The van der Waals surface area contributed by atoms with Gasteiger partial charge in [-0.15, -0.1) is 0 Å². The van der Waals surface area contributed by atoms with E-state index >= 15 is 0 Å². The molecule has 2 heterocycles. The predicted molar refractivity (Wildman–Crippen MR) is 202 cm³/mol. The van der Waals surface area contributed by atoms with Crippen molar-refractivity contribution in [1.82, 2.24) is 9.62 Å². The van der Waals surface area contributed by atoms with Gasteiger partial charge in [0.25, 0.3) is 0 Å². The minimum absolute atomic E-state index is 0.0867. The number of rotatable bonds is 6. The Hall–Kier alpha value is -4.31. The summed E-state index contributed by atoms with van der Waals surface area (Å²) in [5, 5.41) is 0. The van der Waals surface area contributed by atoms with Crippen molar-refractivity contribution in [3.05, 3.63) is 146 Å². The van der Waals surface area contributed by atoms with Gasteiger partial charge >= 0.3 is 14.0 Å². The third kappa shape index (κ3) is 8.09. The van der Waals surface area contributed by atoms with Crippen LogP contribution in [0.1, 0.15) is 54.4 Å². The summed E-state index contributed by atoms with van der Waals surface area (Å²) >= 11 is 0. The molecular weight excluding hydrogens is 558 g/mol. The second kappa shape index (κ2) is 14.9. The van der Waals surface area contributed by atoms with Crippen LogP contribution in [-0.2, 0) is 0 Å². The molecule has 4 aromatic carbocycles. The smallest absolute Gasteiger partial charge is 0.380 e. The molecule has 0 aromatic heterocycles. The van der Waals surface area contributed by atoms with Crippen molar-refractivity contribution < 1.29 is 0 Å². The Bertz CT molecular complexity index is 1330. The van der Waals surface area contributed by atoms with E-state index < -0.39 is 0 Å². The maximum Gasteiger partial charge on any atom is 0.380 e. The van der Waals surface area contributed by atoms with Crippen LogP contribution >= 0.6 is 0 Å².